The van der Waals surface area contributed by atoms with Crippen LogP contribution in [0.2, 0.25) is 0 Å². The van der Waals surface area contributed by atoms with Gasteiger partial charge in [-0.2, -0.15) is 0 Å². The lowest BCUT2D eigenvalue weighted by Crippen LogP contribution is -2.41. The summed E-state index contributed by atoms with van der Waals surface area (Å²) in [7, 11) is 0. The van der Waals surface area contributed by atoms with Crippen molar-refractivity contribution in [1.82, 2.24) is 14.9 Å². The number of ether oxygens (including phenoxy) is 3. The third-order valence-electron chi connectivity index (χ3n) is 5.95. The molecule has 4 heterocycles. The van der Waals surface area contributed by atoms with Gasteiger partial charge in [-0.3, -0.25) is 4.79 Å². The summed E-state index contributed by atoms with van der Waals surface area (Å²) in [6.45, 7) is 3.08. The summed E-state index contributed by atoms with van der Waals surface area (Å²) in [6, 6.07) is 8.22. The topological polar surface area (TPSA) is 101 Å². The summed E-state index contributed by atoms with van der Waals surface area (Å²) >= 11 is 0. The summed E-state index contributed by atoms with van der Waals surface area (Å²) < 4.78 is 17.2. The molecule has 1 aliphatic carbocycles. The number of morpholine rings is 1. The predicted octanol–water partition coefficient (Wildman–Crippen LogP) is 3.12. The van der Waals surface area contributed by atoms with Gasteiger partial charge in [0.1, 0.15) is 24.7 Å². The number of hydrogen-bond acceptors (Lipinski definition) is 7. The molecule has 3 aliphatic rings. The zero-order valence-electron chi connectivity index (χ0n) is 17.6. The van der Waals surface area contributed by atoms with Gasteiger partial charge in [0.05, 0.1) is 24.5 Å². The zero-order chi connectivity index (χ0) is 21.5. The third kappa shape index (κ3) is 3.58. The predicted molar refractivity (Wildman–Crippen MR) is 120 cm³/mol. The minimum Gasteiger partial charge on any atom is -0.485 e. The van der Waals surface area contributed by atoms with Gasteiger partial charge in [0, 0.05) is 42.5 Å². The Labute approximate surface area is 185 Å². The van der Waals surface area contributed by atoms with Crippen molar-refractivity contribution < 1.29 is 19.0 Å². The van der Waals surface area contributed by atoms with Crippen LogP contribution in [0.25, 0.3) is 11.0 Å². The van der Waals surface area contributed by atoms with Crippen LogP contribution in [0.3, 0.4) is 0 Å². The molecule has 2 aliphatic heterocycles. The van der Waals surface area contributed by atoms with Crippen molar-refractivity contribution in [3.8, 4) is 11.5 Å². The molecule has 1 saturated carbocycles. The normalized spacial score (nSPS) is 17.9. The van der Waals surface area contributed by atoms with Crippen molar-refractivity contribution in [2.75, 3.05) is 50.2 Å². The second-order valence-corrected chi connectivity index (χ2v) is 8.26. The monoisotopic (exact) mass is 435 g/mol. The summed E-state index contributed by atoms with van der Waals surface area (Å²) in [6.07, 6.45) is 4.27. The molecule has 9 nitrogen and oxygen atoms in total. The average molecular weight is 435 g/mol. The molecule has 166 valence electrons. The van der Waals surface area contributed by atoms with E-state index in [2.05, 4.69) is 15.6 Å². The van der Waals surface area contributed by atoms with Crippen LogP contribution >= 0.6 is 0 Å². The number of aromatic nitrogens is 2. The van der Waals surface area contributed by atoms with Crippen LogP contribution in [0.4, 0.5) is 17.2 Å². The number of nitrogens with zero attached hydrogens (tertiary/aromatic N) is 2. The van der Waals surface area contributed by atoms with Crippen LogP contribution in [0.15, 0.2) is 30.5 Å². The second kappa shape index (κ2) is 7.90. The molecule has 0 bridgehead atoms. The maximum absolute atomic E-state index is 13.1. The van der Waals surface area contributed by atoms with E-state index in [1.54, 1.807) is 11.0 Å². The fraction of sp³-hybridized carbons (Fsp3) is 0.391. The minimum atomic E-state index is -0.0663. The molecule has 3 aromatic rings. The van der Waals surface area contributed by atoms with Crippen molar-refractivity contribution in [3.05, 3.63) is 36.0 Å². The number of fused-ring (bicyclic) bond motifs is 2. The van der Waals surface area contributed by atoms with Crippen LogP contribution in [0.5, 0.6) is 11.5 Å². The zero-order valence-corrected chi connectivity index (χ0v) is 17.6. The van der Waals surface area contributed by atoms with Gasteiger partial charge < -0.3 is 34.7 Å². The number of rotatable bonds is 5. The maximum Gasteiger partial charge on any atom is 0.257 e. The van der Waals surface area contributed by atoms with Crippen molar-refractivity contribution in [3.63, 3.8) is 0 Å². The number of H-pyrrole nitrogens is 1. The molecule has 32 heavy (non-hydrogen) atoms. The highest BCUT2D eigenvalue weighted by Gasteiger charge is 2.28. The number of nitrogens with one attached hydrogen (secondary N) is 3. The molecule has 9 heteroatoms. The number of aromatic amines is 1. The molecule has 1 aromatic carbocycles. The van der Waals surface area contributed by atoms with E-state index < -0.39 is 0 Å². The Balaban J connectivity index is 1.33. The fourth-order valence-corrected chi connectivity index (χ4v) is 4.15. The first-order chi connectivity index (χ1) is 15.8. The van der Waals surface area contributed by atoms with Crippen LogP contribution in [-0.4, -0.2) is 66.3 Å². The van der Waals surface area contributed by atoms with E-state index in [0.29, 0.717) is 74.1 Å². The molecule has 6 rings (SSSR count). The molecule has 2 fully saturated rings. The Morgan fingerprint density at radius 3 is 2.66 bits per heavy atom. The first kappa shape index (κ1) is 19.2. The summed E-state index contributed by atoms with van der Waals surface area (Å²) in [5, 5.41) is 8.02. The molecule has 2 aromatic heterocycles. The third-order valence-corrected chi connectivity index (χ3v) is 5.95. The Bertz CT molecular complexity index is 1170. The molecule has 0 spiro atoms. The number of anilines is 3. The molecule has 1 amide bonds. The van der Waals surface area contributed by atoms with Crippen LogP contribution < -0.4 is 20.1 Å². The summed E-state index contributed by atoms with van der Waals surface area (Å²) in [5.74, 6) is 1.64. The first-order valence-corrected chi connectivity index (χ1v) is 11.1. The Morgan fingerprint density at radius 1 is 1.03 bits per heavy atom. The molecular formula is C23H25N5O4. The van der Waals surface area contributed by atoms with Crippen molar-refractivity contribution in [1.29, 1.82) is 0 Å². The average Bonchev–Trinajstić information content (AvgIpc) is 3.52. The lowest BCUT2D eigenvalue weighted by molar-refractivity contribution is 0.0298. The highest BCUT2D eigenvalue weighted by molar-refractivity contribution is 5.99. The van der Waals surface area contributed by atoms with E-state index in [4.69, 9.17) is 19.2 Å². The molecule has 0 radical (unpaired) electrons. The van der Waals surface area contributed by atoms with Crippen LogP contribution in [0.1, 0.15) is 23.2 Å². The Hall–Kier alpha value is -3.46. The highest BCUT2D eigenvalue weighted by Crippen LogP contribution is 2.42. The van der Waals surface area contributed by atoms with E-state index in [-0.39, 0.29) is 5.91 Å². The number of amides is 1. The van der Waals surface area contributed by atoms with Gasteiger partial charge in [-0.05, 0) is 31.0 Å². The lowest BCUT2D eigenvalue weighted by Gasteiger charge is -2.29. The molecule has 0 atom stereocenters. The number of carbonyl (C=O) groups is 1. The highest BCUT2D eigenvalue weighted by atomic mass is 16.6. The van der Waals surface area contributed by atoms with Gasteiger partial charge in [0.15, 0.2) is 11.5 Å². The van der Waals surface area contributed by atoms with E-state index in [1.165, 1.54) is 12.8 Å². The minimum absolute atomic E-state index is 0.0663. The maximum atomic E-state index is 13.1. The Morgan fingerprint density at radius 2 is 1.84 bits per heavy atom. The fourth-order valence-electron chi connectivity index (χ4n) is 4.15. The standard InChI is InChI=1S/C23H25N5O4/c29-23(28-7-9-30-10-8-28)16-3-4-17(21-20(16)31-11-12-32-21)26-19-13-18(25-14-1-2-14)15-5-6-24-22(15)27-19/h3-6,13-14H,1-2,7-12H2,(H3,24,25,26,27). The molecule has 1 saturated heterocycles. The largest absolute Gasteiger partial charge is 0.485 e. The number of hydrogen-bond donors (Lipinski definition) is 3. The second-order valence-electron chi connectivity index (χ2n) is 8.26. The van der Waals surface area contributed by atoms with Gasteiger partial charge in [0.25, 0.3) is 5.91 Å². The van der Waals surface area contributed by atoms with Gasteiger partial charge in [-0.25, -0.2) is 4.98 Å². The van der Waals surface area contributed by atoms with Crippen molar-refractivity contribution in [2.24, 2.45) is 0 Å². The van der Waals surface area contributed by atoms with Crippen molar-refractivity contribution >= 4 is 34.1 Å². The van der Waals surface area contributed by atoms with Gasteiger partial charge >= 0.3 is 0 Å². The smallest absolute Gasteiger partial charge is 0.257 e. The van der Waals surface area contributed by atoms with Gasteiger partial charge in [-0.1, -0.05) is 0 Å². The SMILES string of the molecule is O=C(c1ccc(Nc2cc(NC3CC3)c3cc[nH]c3n2)c2c1OCCO2)N1CCOCC1. The molecular weight excluding hydrogens is 410 g/mol. The van der Waals surface area contributed by atoms with E-state index in [1.807, 2.05) is 24.4 Å². The van der Waals surface area contributed by atoms with Crippen LogP contribution in [0, 0.1) is 0 Å². The van der Waals surface area contributed by atoms with Gasteiger partial charge in [-0.15, -0.1) is 0 Å². The summed E-state index contributed by atoms with van der Waals surface area (Å²) in [5.41, 5.74) is 3.08. The van der Waals surface area contributed by atoms with E-state index in [0.717, 1.165) is 16.7 Å². The number of pyridine rings is 1. The van der Waals surface area contributed by atoms with Crippen molar-refractivity contribution in [2.45, 2.75) is 18.9 Å². The van der Waals surface area contributed by atoms with Crippen LogP contribution in [-0.2, 0) is 4.74 Å². The lowest BCUT2D eigenvalue weighted by atomic mass is 10.1. The molecule has 0 unspecified atom stereocenters. The van der Waals surface area contributed by atoms with Gasteiger partial charge in [0.2, 0.25) is 0 Å². The summed E-state index contributed by atoms with van der Waals surface area (Å²) in [4.78, 5) is 22.8. The quantitative estimate of drug-likeness (QED) is 0.566. The number of benzene rings is 1. The molecule has 3 N–H and O–H groups in total. The first-order valence-electron chi connectivity index (χ1n) is 11.1. The van der Waals surface area contributed by atoms with E-state index in [9.17, 15) is 4.79 Å². The number of carbonyl (C=O) groups excluding carboxylic acids is 1. The Kier molecular flexibility index (Phi) is 4.75. The van der Waals surface area contributed by atoms with E-state index >= 15 is 0 Å².